The maximum absolute atomic E-state index is 11.5. The highest BCUT2D eigenvalue weighted by atomic mass is 79.9. The summed E-state index contributed by atoms with van der Waals surface area (Å²) in [5, 5.41) is 0. The predicted octanol–water partition coefficient (Wildman–Crippen LogP) is 2.36. The summed E-state index contributed by atoms with van der Waals surface area (Å²) < 4.78 is 23.6. The fourth-order valence-electron chi connectivity index (χ4n) is 1.41. The Balaban J connectivity index is 3.70. The number of ketones is 1. The zero-order valence-electron chi connectivity index (χ0n) is 8.67. The van der Waals surface area contributed by atoms with Crippen LogP contribution in [0.15, 0.2) is 21.5 Å². The van der Waals surface area contributed by atoms with Crippen molar-refractivity contribution >= 4 is 31.6 Å². The number of hydrogen-bond acceptors (Lipinski definition) is 3. The second kappa shape index (κ2) is 4.06. The van der Waals surface area contributed by atoms with E-state index >= 15 is 0 Å². The molecule has 0 saturated carbocycles. The van der Waals surface area contributed by atoms with Crippen LogP contribution >= 0.6 is 15.9 Å². The molecule has 0 bridgehead atoms. The molecule has 0 radical (unpaired) electrons. The van der Waals surface area contributed by atoms with Crippen LogP contribution < -0.4 is 0 Å². The van der Waals surface area contributed by atoms with Crippen molar-refractivity contribution in [1.82, 2.24) is 0 Å². The maximum atomic E-state index is 11.5. The molecular weight excluding hydrogens is 280 g/mol. The van der Waals surface area contributed by atoms with Gasteiger partial charge in [0.15, 0.2) is 15.6 Å². The van der Waals surface area contributed by atoms with Gasteiger partial charge in [0, 0.05) is 16.3 Å². The number of Topliss-reactive ketones (excluding diaryl/α,β-unsaturated/α-hetero) is 1. The van der Waals surface area contributed by atoms with Gasteiger partial charge < -0.3 is 0 Å². The summed E-state index contributed by atoms with van der Waals surface area (Å²) >= 11 is 3.27. The first-order chi connectivity index (χ1) is 6.75. The summed E-state index contributed by atoms with van der Waals surface area (Å²) in [4.78, 5) is 11.5. The van der Waals surface area contributed by atoms with Gasteiger partial charge in [-0.25, -0.2) is 8.42 Å². The molecule has 0 spiro atoms. The number of carbonyl (C=O) groups excluding carboxylic acids is 1. The lowest BCUT2D eigenvalue weighted by Crippen LogP contribution is -2.08. The predicted molar refractivity (Wildman–Crippen MR) is 62.0 cm³/mol. The highest BCUT2D eigenvalue weighted by molar-refractivity contribution is 9.10. The summed E-state index contributed by atoms with van der Waals surface area (Å²) in [5.41, 5.74) is 0.928. The van der Waals surface area contributed by atoms with Gasteiger partial charge in [0.1, 0.15) is 0 Å². The summed E-state index contributed by atoms with van der Waals surface area (Å²) in [6, 6.07) is 3.08. The van der Waals surface area contributed by atoms with E-state index in [-0.39, 0.29) is 16.2 Å². The first-order valence-corrected chi connectivity index (χ1v) is 6.93. The fraction of sp³-hybridized carbons (Fsp3) is 0.300. The van der Waals surface area contributed by atoms with Gasteiger partial charge in [0.05, 0.1) is 4.90 Å². The molecule has 82 valence electrons. The number of carbonyl (C=O) groups is 1. The lowest BCUT2D eigenvalue weighted by molar-refractivity contribution is 0.101. The van der Waals surface area contributed by atoms with E-state index in [0.717, 1.165) is 10.7 Å². The monoisotopic (exact) mass is 290 g/mol. The van der Waals surface area contributed by atoms with Crippen LogP contribution in [0.3, 0.4) is 0 Å². The summed E-state index contributed by atoms with van der Waals surface area (Å²) in [6.45, 7) is 3.08. The van der Waals surface area contributed by atoms with Crippen molar-refractivity contribution in [3.63, 3.8) is 0 Å². The molecule has 0 aromatic heterocycles. The number of halogens is 1. The van der Waals surface area contributed by atoms with Gasteiger partial charge in [0.2, 0.25) is 0 Å². The van der Waals surface area contributed by atoms with Crippen molar-refractivity contribution in [3.8, 4) is 0 Å². The van der Waals surface area contributed by atoms with Crippen LogP contribution in [-0.2, 0) is 9.84 Å². The Kier molecular flexibility index (Phi) is 3.35. The van der Waals surface area contributed by atoms with Crippen LogP contribution in [0.5, 0.6) is 0 Å². The summed E-state index contributed by atoms with van der Waals surface area (Å²) in [5.74, 6) is -0.241. The van der Waals surface area contributed by atoms with Gasteiger partial charge >= 0.3 is 0 Å². The van der Waals surface area contributed by atoms with E-state index in [1.165, 1.54) is 13.0 Å². The Labute approximate surface area is 97.5 Å². The largest absolute Gasteiger partial charge is 0.294 e. The normalized spacial score (nSPS) is 11.5. The second-order valence-electron chi connectivity index (χ2n) is 3.37. The van der Waals surface area contributed by atoms with Gasteiger partial charge in [-0.1, -0.05) is 15.9 Å². The molecule has 0 amide bonds. The molecule has 0 aliphatic rings. The average Bonchev–Trinajstić information content (AvgIpc) is 2.06. The minimum absolute atomic E-state index is 0.0932. The Morgan fingerprint density at radius 1 is 1.33 bits per heavy atom. The van der Waals surface area contributed by atoms with E-state index in [2.05, 4.69) is 15.9 Å². The SMILES string of the molecule is CC(=O)c1c(S(C)(=O)=O)ccc(Br)c1C. The molecule has 15 heavy (non-hydrogen) atoms. The maximum Gasteiger partial charge on any atom is 0.176 e. The lowest BCUT2D eigenvalue weighted by atomic mass is 10.1. The molecule has 1 rings (SSSR count). The Hall–Kier alpha value is -0.680. The van der Waals surface area contributed by atoms with Crippen molar-refractivity contribution in [3.05, 3.63) is 27.7 Å². The third kappa shape index (κ3) is 2.46. The molecule has 0 fully saturated rings. The minimum Gasteiger partial charge on any atom is -0.294 e. The van der Waals surface area contributed by atoms with Gasteiger partial charge in [-0.3, -0.25) is 4.79 Å². The zero-order chi connectivity index (χ0) is 11.8. The number of benzene rings is 1. The van der Waals surface area contributed by atoms with Crippen LogP contribution in [-0.4, -0.2) is 20.5 Å². The Morgan fingerprint density at radius 3 is 2.27 bits per heavy atom. The minimum atomic E-state index is -3.36. The topological polar surface area (TPSA) is 51.2 Å². The van der Waals surface area contributed by atoms with E-state index in [4.69, 9.17) is 0 Å². The van der Waals surface area contributed by atoms with Crippen molar-refractivity contribution in [1.29, 1.82) is 0 Å². The van der Waals surface area contributed by atoms with Crippen LogP contribution in [0.4, 0.5) is 0 Å². The standard InChI is InChI=1S/C10H11BrO3S/c1-6-8(11)4-5-9(15(3,13)14)10(6)7(2)12/h4-5H,1-3H3. The highest BCUT2D eigenvalue weighted by Gasteiger charge is 2.19. The van der Waals surface area contributed by atoms with Crippen molar-refractivity contribution in [2.45, 2.75) is 18.7 Å². The molecular formula is C10H11BrO3S. The smallest absolute Gasteiger partial charge is 0.176 e. The fourth-order valence-corrected chi connectivity index (χ4v) is 2.72. The average molecular weight is 291 g/mol. The molecule has 0 N–H and O–H groups in total. The zero-order valence-corrected chi connectivity index (χ0v) is 11.1. The molecule has 1 aromatic rings. The van der Waals surface area contributed by atoms with Gasteiger partial charge in [-0.2, -0.15) is 0 Å². The molecule has 0 unspecified atom stereocenters. The van der Waals surface area contributed by atoms with Crippen LogP contribution in [0.2, 0.25) is 0 Å². The molecule has 3 nitrogen and oxygen atoms in total. The lowest BCUT2D eigenvalue weighted by Gasteiger charge is -2.09. The number of rotatable bonds is 2. The van der Waals surface area contributed by atoms with Gasteiger partial charge in [-0.05, 0) is 31.5 Å². The molecule has 1 aromatic carbocycles. The number of sulfone groups is 1. The van der Waals surface area contributed by atoms with Crippen molar-refractivity contribution < 1.29 is 13.2 Å². The molecule has 0 aliphatic heterocycles. The van der Waals surface area contributed by atoms with Crippen molar-refractivity contribution in [2.75, 3.05) is 6.26 Å². The molecule has 0 aliphatic carbocycles. The van der Waals surface area contributed by atoms with Crippen LogP contribution in [0.1, 0.15) is 22.8 Å². The van der Waals surface area contributed by atoms with Crippen LogP contribution in [0.25, 0.3) is 0 Å². The van der Waals surface area contributed by atoms with Gasteiger partial charge in [-0.15, -0.1) is 0 Å². The van der Waals surface area contributed by atoms with E-state index in [1.807, 2.05) is 0 Å². The van der Waals surface area contributed by atoms with E-state index in [0.29, 0.717) is 5.56 Å². The van der Waals surface area contributed by atoms with E-state index < -0.39 is 9.84 Å². The van der Waals surface area contributed by atoms with Crippen LogP contribution in [0, 0.1) is 6.92 Å². The van der Waals surface area contributed by atoms with E-state index in [1.54, 1.807) is 13.0 Å². The highest BCUT2D eigenvalue weighted by Crippen LogP contribution is 2.26. The Morgan fingerprint density at radius 2 is 1.87 bits per heavy atom. The van der Waals surface area contributed by atoms with Crippen molar-refractivity contribution in [2.24, 2.45) is 0 Å². The molecule has 0 saturated heterocycles. The second-order valence-corrected chi connectivity index (χ2v) is 6.21. The first-order valence-electron chi connectivity index (χ1n) is 4.25. The van der Waals surface area contributed by atoms with Gasteiger partial charge in [0.25, 0.3) is 0 Å². The Bertz CT molecular complexity index is 518. The molecule has 5 heteroatoms. The third-order valence-corrected chi connectivity index (χ3v) is 4.11. The summed E-state index contributed by atoms with van der Waals surface area (Å²) in [7, 11) is -3.36. The molecule has 0 atom stereocenters. The third-order valence-electron chi connectivity index (χ3n) is 2.11. The summed E-state index contributed by atoms with van der Waals surface area (Å²) in [6.07, 6.45) is 1.10. The van der Waals surface area contributed by atoms with E-state index in [9.17, 15) is 13.2 Å². The quantitative estimate of drug-likeness (QED) is 0.786. The number of hydrogen-bond donors (Lipinski definition) is 0. The first kappa shape index (κ1) is 12.4. The molecule has 0 heterocycles.